The van der Waals surface area contributed by atoms with Crippen molar-refractivity contribution in [2.24, 2.45) is 0 Å². The minimum atomic E-state index is -0.580. The Balaban J connectivity index is 1.84. The van der Waals surface area contributed by atoms with Crippen molar-refractivity contribution in [2.75, 3.05) is 19.0 Å². The van der Waals surface area contributed by atoms with Crippen molar-refractivity contribution < 1.29 is 14.3 Å². The summed E-state index contributed by atoms with van der Waals surface area (Å²) in [6.45, 7) is 2.14. The van der Waals surface area contributed by atoms with Gasteiger partial charge in [0.1, 0.15) is 5.75 Å². The number of carbonyl (C=O) groups excluding carboxylic acids is 1. The van der Waals surface area contributed by atoms with E-state index in [9.17, 15) is 4.79 Å². The molecular weight excluding hydrogens is 338 g/mol. The molecule has 138 valence electrons. The number of methoxy groups -OCH3 is 1. The van der Waals surface area contributed by atoms with E-state index in [1.165, 1.54) is 0 Å². The molecule has 4 nitrogen and oxygen atoms in total. The lowest BCUT2D eigenvalue weighted by molar-refractivity contribution is -0.144. The lowest BCUT2D eigenvalue weighted by Crippen LogP contribution is -2.23. The zero-order valence-electron chi connectivity index (χ0n) is 15.5. The van der Waals surface area contributed by atoms with Crippen molar-refractivity contribution in [1.29, 1.82) is 0 Å². The fourth-order valence-electron chi connectivity index (χ4n) is 2.86. The molecule has 0 bridgehead atoms. The minimum Gasteiger partial charge on any atom is -0.497 e. The highest BCUT2D eigenvalue weighted by Gasteiger charge is 2.22. The second-order valence-electron chi connectivity index (χ2n) is 6.05. The van der Waals surface area contributed by atoms with Crippen molar-refractivity contribution in [2.45, 2.75) is 13.0 Å². The van der Waals surface area contributed by atoms with Gasteiger partial charge in [-0.25, -0.2) is 4.79 Å². The molecule has 0 fully saturated rings. The maximum atomic E-state index is 12.5. The Hall–Kier alpha value is -3.27. The molecule has 1 atom stereocenters. The van der Waals surface area contributed by atoms with Crippen LogP contribution in [0.5, 0.6) is 5.75 Å². The van der Waals surface area contributed by atoms with Crippen molar-refractivity contribution in [1.82, 2.24) is 0 Å². The molecule has 0 heterocycles. The molecule has 0 unspecified atom stereocenters. The first kappa shape index (κ1) is 18.5. The van der Waals surface area contributed by atoms with Crippen LogP contribution in [0.1, 0.15) is 18.5 Å². The Labute approximate surface area is 159 Å². The van der Waals surface area contributed by atoms with Crippen molar-refractivity contribution in [3.8, 4) is 16.9 Å². The highest BCUT2D eigenvalue weighted by atomic mass is 16.5. The molecule has 1 N–H and O–H groups in total. The highest BCUT2D eigenvalue weighted by molar-refractivity contribution is 5.81. The van der Waals surface area contributed by atoms with Crippen LogP contribution in [0.25, 0.3) is 11.1 Å². The van der Waals surface area contributed by atoms with Gasteiger partial charge in [0.05, 0.1) is 13.7 Å². The van der Waals surface area contributed by atoms with Crippen molar-refractivity contribution >= 4 is 11.7 Å². The predicted molar refractivity (Wildman–Crippen MR) is 108 cm³/mol. The van der Waals surface area contributed by atoms with Crippen LogP contribution in [-0.2, 0) is 9.53 Å². The SMILES string of the molecule is CCOC(=O)[C@@H](Nc1ccc(OC)cc1)c1ccc(-c2ccccc2)cc1. The van der Waals surface area contributed by atoms with Crippen LogP contribution in [0.15, 0.2) is 78.9 Å². The van der Waals surface area contributed by atoms with E-state index in [4.69, 9.17) is 9.47 Å². The predicted octanol–water partition coefficient (Wildman–Crippen LogP) is 5.08. The number of anilines is 1. The number of carbonyl (C=O) groups is 1. The Bertz CT molecular complexity index is 858. The standard InChI is InChI=1S/C23H23NO3/c1-3-27-23(25)22(24-20-13-15-21(26-2)16-14-20)19-11-9-18(10-12-19)17-7-5-4-6-8-17/h4-16,22,24H,3H2,1-2H3/t22-/m0/s1. The van der Waals surface area contributed by atoms with E-state index in [0.717, 1.165) is 28.1 Å². The van der Waals surface area contributed by atoms with Gasteiger partial charge in [-0.05, 0) is 47.9 Å². The van der Waals surface area contributed by atoms with E-state index < -0.39 is 6.04 Å². The van der Waals surface area contributed by atoms with E-state index >= 15 is 0 Å². The number of nitrogens with one attached hydrogen (secondary N) is 1. The number of esters is 1. The van der Waals surface area contributed by atoms with Gasteiger partial charge in [0.15, 0.2) is 6.04 Å². The third-order valence-corrected chi connectivity index (χ3v) is 4.27. The normalized spacial score (nSPS) is 11.5. The summed E-state index contributed by atoms with van der Waals surface area (Å²) >= 11 is 0. The van der Waals surface area contributed by atoms with Crippen LogP contribution >= 0.6 is 0 Å². The lowest BCUT2D eigenvalue weighted by Gasteiger charge is -2.19. The smallest absolute Gasteiger partial charge is 0.333 e. The third-order valence-electron chi connectivity index (χ3n) is 4.27. The molecule has 0 aliphatic heterocycles. The summed E-state index contributed by atoms with van der Waals surface area (Å²) in [5, 5.41) is 3.26. The maximum Gasteiger partial charge on any atom is 0.333 e. The number of benzene rings is 3. The molecule has 0 saturated heterocycles. The summed E-state index contributed by atoms with van der Waals surface area (Å²) in [6.07, 6.45) is 0. The third kappa shape index (κ3) is 4.67. The van der Waals surface area contributed by atoms with Gasteiger partial charge < -0.3 is 14.8 Å². The van der Waals surface area contributed by atoms with E-state index in [0.29, 0.717) is 6.61 Å². The van der Waals surface area contributed by atoms with E-state index in [-0.39, 0.29) is 5.97 Å². The molecule has 0 aliphatic carbocycles. The van der Waals surface area contributed by atoms with Gasteiger partial charge in [0.2, 0.25) is 0 Å². The second-order valence-corrected chi connectivity index (χ2v) is 6.05. The van der Waals surface area contributed by atoms with Crippen LogP contribution in [0.3, 0.4) is 0 Å². The van der Waals surface area contributed by atoms with Crippen LogP contribution in [0, 0.1) is 0 Å². The first-order valence-electron chi connectivity index (χ1n) is 8.94. The molecule has 0 radical (unpaired) electrons. The molecule has 0 aliphatic rings. The van der Waals surface area contributed by atoms with Crippen molar-refractivity contribution in [3.63, 3.8) is 0 Å². The Morgan fingerprint density at radius 3 is 2.11 bits per heavy atom. The second kappa shape index (κ2) is 8.90. The minimum absolute atomic E-state index is 0.305. The van der Waals surface area contributed by atoms with Gasteiger partial charge >= 0.3 is 5.97 Å². The first-order valence-corrected chi connectivity index (χ1v) is 8.94. The summed E-state index contributed by atoms with van der Waals surface area (Å²) in [5.41, 5.74) is 3.91. The van der Waals surface area contributed by atoms with E-state index in [1.54, 1.807) is 14.0 Å². The molecule has 0 spiro atoms. The summed E-state index contributed by atoms with van der Waals surface area (Å²) in [4.78, 5) is 12.5. The topological polar surface area (TPSA) is 47.6 Å². The summed E-state index contributed by atoms with van der Waals surface area (Å²) < 4.78 is 10.4. The molecule has 4 heteroatoms. The molecule has 0 amide bonds. The Morgan fingerprint density at radius 1 is 0.889 bits per heavy atom. The Kier molecular flexibility index (Phi) is 6.10. The van der Waals surface area contributed by atoms with E-state index in [1.807, 2.05) is 66.7 Å². The molecular formula is C23H23NO3. The quantitative estimate of drug-likeness (QED) is 0.596. The van der Waals surface area contributed by atoms with Gasteiger partial charge in [-0.2, -0.15) is 0 Å². The van der Waals surface area contributed by atoms with Crippen LogP contribution in [0.2, 0.25) is 0 Å². The fraction of sp³-hybridized carbons (Fsp3) is 0.174. The molecule has 3 rings (SSSR count). The summed E-state index contributed by atoms with van der Waals surface area (Å²) in [7, 11) is 1.62. The molecule has 3 aromatic carbocycles. The van der Waals surface area contributed by atoms with Crippen LogP contribution < -0.4 is 10.1 Å². The number of hydrogen-bond acceptors (Lipinski definition) is 4. The molecule has 0 saturated carbocycles. The number of rotatable bonds is 7. The van der Waals surface area contributed by atoms with Crippen LogP contribution in [-0.4, -0.2) is 19.7 Å². The zero-order valence-corrected chi connectivity index (χ0v) is 15.5. The van der Waals surface area contributed by atoms with Gasteiger partial charge in [-0.3, -0.25) is 0 Å². The summed E-state index contributed by atoms with van der Waals surface area (Å²) in [5.74, 6) is 0.459. The monoisotopic (exact) mass is 361 g/mol. The fourth-order valence-corrected chi connectivity index (χ4v) is 2.86. The number of ether oxygens (including phenoxy) is 2. The maximum absolute atomic E-state index is 12.5. The molecule has 0 aromatic heterocycles. The zero-order chi connectivity index (χ0) is 19.1. The molecule has 3 aromatic rings. The first-order chi connectivity index (χ1) is 13.2. The average Bonchev–Trinajstić information content (AvgIpc) is 2.73. The summed E-state index contributed by atoms with van der Waals surface area (Å²) in [6, 6.07) is 25.0. The van der Waals surface area contributed by atoms with Gasteiger partial charge in [0, 0.05) is 5.69 Å². The lowest BCUT2D eigenvalue weighted by atomic mass is 10.0. The van der Waals surface area contributed by atoms with Crippen molar-refractivity contribution in [3.05, 3.63) is 84.4 Å². The highest BCUT2D eigenvalue weighted by Crippen LogP contribution is 2.26. The van der Waals surface area contributed by atoms with Gasteiger partial charge in [-0.1, -0.05) is 54.6 Å². The number of hydrogen-bond donors (Lipinski definition) is 1. The van der Waals surface area contributed by atoms with Gasteiger partial charge in [0.25, 0.3) is 0 Å². The van der Waals surface area contributed by atoms with Crippen LogP contribution in [0.4, 0.5) is 5.69 Å². The average molecular weight is 361 g/mol. The van der Waals surface area contributed by atoms with E-state index in [2.05, 4.69) is 17.4 Å². The largest absolute Gasteiger partial charge is 0.497 e. The van der Waals surface area contributed by atoms with Gasteiger partial charge in [-0.15, -0.1) is 0 Å². The molecule has 27 heavy (non-hydrogen) atoms. The Morgan fingerprint density at radius 2 is 1.52 bits per heavy atom.